The van der Waals surface area contributed by atoms with Gasteiger partial charge in [-0.15, -0.1) is 0 Å². The molecule has 10 rings (SSSR count). The Kier molecular flexibility index (Phi) is 7.63. The van der Waals surface area contributed by atoms with Gasteiger partial charge in [-0.3, -0.25) is 0 Å². The third kappa shape index (κ3) is 5.10. The predicted molar refractivity (Wildman–Crippen MR) is 231 cm³/mol. The summed E-state index contributed by atoms with van der Waals surface area (Å²) < 4.78 is 2.38. The maximum absolute atomic E-state index is 2.41. The largest absolute Gasteiger partial charge is 0.310 e. The second-order valence-corrected chi connectivity index (χ2v) is 14.2. The Bertz CT molecular complexity index is 2880. The zero-order valence-corrected chi connectivity index (χ0v) is 30.4. The van der Waals surface area contributed by atoms with E-state index in [1.807, 2.05) is 0 Å². The van der Waals surface area contributed by atoms with Gasteiger partial charge < -0.3 is 9.47 Å². The summed E-state index contributed by atoms with van der Waals surface area (Å²) in [5.41, 5.74) is 14.5. The molecule has 0 aliphatic carbocycles. The lowest BCUT2D eigenvalue weighted by atomic mass is 9.84. The fourth-order valence-corrected chi connectivity index (χ4v) is 8.60. The van der Waals surface area contributed by atoms with Gasteiger partial charge >= 0.3 is 0 Å². The zero-order valence-electron chi connectivity index (χ0n) is 30.4. The van der Waals surface area contributed by atoms with E-state index >= 15 is 0 Å². The van der Waals surface area contributed by atoms with Crippen LogP contribution in [0.25, 0.3) is 71.3 Å². The minimum absolute atomic E-state index is 1.11. The normalized spacial score (nSPS) is 11.5. The molecule has 0 N–H and O–H groups in total. The standard InChI is InChI=1S/C52H38N2/c1-35-34-50(36(2)33-47(35)52-45-25-11-9-23-43(45)51(37-17-5-3-6-18-37)44-24-10-12-26-46(44)52)53(38-19-7-4-8-20-38)39-29-31-40(32-30-39)54-48-27-15-13-21-41(48)42-22-14-16-28-49(42)54/h3-34H,1-2H3. The molecule has 2 nitrogen and oxygen atoms in total. The van der Waals surface area contributed by atoms with Crippen molar-refractivity contribution >= 4 is 60.4 Å². The summed E-state index contributed by atoms with van der Waals surface area (Å²) in [6.45, 7) is 4.52. The van der Waals surface area contributed by atoms with E-state index in [1.165, 1.54) is 82.4 Å². The van der Waals surface area contributed by atoms with Gasteiger partial charge in [-0.25, -0.2) is 0 Å². The van der Waals surface area contributed by atoms with Crippen molar-refractivity contribution in [2.45, 2.75) is 13.8 Å². The van der Waals surface area contributed by atoms with Crippen LogP contribution in [0.3, 0.4) is 0 Å². The van der Waals surface area contributed by atoms with Gasteiger partial charge in [0.05, 0.1) is 11.0 Å². The molecule has 0 spiro atoms. The summed E-state index contributed by atoms with van der Waals surface area (Å²) >= 11 is 0. The molecule has 256 valence electrons. The summed E-state index contributed by atoms with van der Waals surface area (Å²) in [7, 11) is 0. The zero-order chi connectivity index (χ0) is 36.2. The SMILES string of the molecule is Cc1cc(N(c2ccccc2)c2ccc(-n3c4ccccc4c4ccccc43)cc2)c(C)cc1-c1c2ccccc2c(-c2ccccc2)c2ccccc12. The number of hydrogen-bond acceptors (Lipinski definition) is 1. The predicted octanol–water partition coefficient (Wildman–Crippen LogP) is 14.5. The Labute approximate surface area is 315 Å². The number of fused-ring (bicyclic) bond motifs is 5. The highest BCUT2D eigenvalue weighted by Gasteiger charge is 2.21. The number of rotatable bonds is 6. The lowest BCUT2D eigenvalue weighted by molar-refractivity contribution is 1.17. The van der Waals surface area contributed by atoms with E-state index in [-0.39, 0.29) is 0 Å². The number of hydrogen-bond donors (Lipinski definition) is 0. The monoisotopic (exact) mass is 690 g/mol. The molecule has 0 atom stereocenters. The van der Waals surface area contributed by atoms with Gasteiger partial charge in [0, 0.05) is 33.5 Å². The smallest absolute Gasteiger partial charge is 0.0541 e. The van der Waals surface area contributed by atoms with Crippen LogP contribution in [0.5, 0.6) is 0 Å². The van der Waals surface area contributed by atoms with Crippen LogP contribution in [-0.4, -0.2) is 4.57 Å². The molecule has 0 aliphatic heterocycles. The quantitative estimate of drug-likeness (QED) is 0.158. The third-order valence-electron chi connectivity index (χ3n) is 11.0. The van der Waals surface area contributed by atoms with Gasteiger partial charge in [0.2, 0.25) is 0 Å². The first-order valence-electron chi connectivity index (χ1n) is 18.7. The van der Waals surface area contributed by atoms with Gasteiger partial charge in [0.25, 0.3) is 0 Å². The molecule has 1 aromatic heterocycles. The Balaban J connectivity index is 1.14. The number of aryl methyl sites for hydroxylation is 2. The maximum atomic E-state index is 2.41. The average molecular weight is 691 g/mol. The molecule has 0 aliphatic rings. The lowest BCUT2D eigenvalue weighted by Gasteiger charge is -2.29. The van der Waals surface area contributed by atoms with E-state index in [0.717, 1.165) is 17.1 Å². The highest BCUT2D eigenvalue weighted by Crippen LogP contribution is 2.46. The van der Waals surface area contributed by atoms with Crippen LogP contribution in [-0.2, 0) is 0 Å². The molecule has 9 aromatic carbocycles. The molecule has 0 unspecified atom stereocenters. The Hall–Kier alpha value is -6.90. The molecule has 0 radical (unpaired) electrons. The minimum atomic E-state index is 1.11. The van der Waals surface area contributed by atoms with Crippen LogP contribution < -0.4 is 4.90 Å². The first kappa shape index (κ1) is 31.8. The second-order valence-electron chi connectivity index (χ2n) is 14.2. The number of benzene rings is 9. The number of nitrogens with zero attached hydrogens (tertiary/aromatic N) is 2. The van der Waals surface area contributed by atoms with E-state index in [4.69, 9.17) is 0 Å². The summed E-state index contributed by atoms with van der Waals surface area (Å²) in [6, 6.07) is 70.6. The molecule has 0 saturated heterocycles. The Morgan fingerprint density at radius 2 is 0.815 bits per heavy atom. The van der Waals surface area contributed by atoms with E-state index in [1.54, 1.807) is 0 Å². The number of anilines is 3. The Morgan fingerprint density at radius 3 is 1.37 bits per heavy atom. The highest BCUT2D eigenvalue weighted by molar-refractivity contribution is 6.21. The molecular weight excluding hydrogens is 653 g/mol. The third-order valence-corrected chi connectivity index (χ3v) is 11.0. The van der Waals surface area contributed by atoms with Crippen molar-refractivity contribution in [2.24, 2.45) is 0 Å². The first-order valence-corrected chi connectivity index (χ1v) is 18.7. The van der Waals surface area contributed by atoms with Crippen LogP contribution >= 0.6 is 0 Å². The lowest BCUT2D eigenvalue weighted by Crippen LogP contribution is -2.12. The van der Waals surface area contributed by atoms with Crippen LogP contribution in [0.1, 0.15) is 11.1 Å². The van der Waals surface area contributed by atoms with Crippen molar-refractivity contribution in [1.29, 1.82) is 0 Å². The summed E-state index contributed by atoms with van der Waals surface area (Å²) in [5, 5.41) is 7.62. The topological polar surface area (TPSA) is 8.17 Å². The summed E-state index contributed by atoms with van der Waals surface area (Å²) in [6.07, 6.45) is 0. The summed E-state index contributed by atoms with van der Waals surface area (Å²) in [5.74, 6) is 0. The van der Waals surface area contributed by atoms with E-state index in [0.29, 0.717) is 0 Å². The second kappa shape index (κ2) is 12.9. The molecule has 0 bridgehead atoms. The van der Waals surface area contributed by atoms with E-state index < -0.39 is 0 Å². The molecule has 2 heteroatoms. The van der Waals surface area contributed by atoms with E-state index in [2.05, 4.69) is 217 Å². The number of para-hydroxylation sites is 3. The van der Waals surface area contributed by atoms with Crippen LogP contribution in [0.4, 0.5) is 17.1 Å². The molecule has 0 fully saturated rings. The van der Waals surface area contributed by atoms with Gasteiger partial charge in [-0.05, 0) is 129 Å². The highest BCUT2D eigenvalue weighted by atomic mass is 15.1. The van der Waals surface area contributed by atoms with Crippen LogP contribution in [0.15, 0.2) is 194 Å². The fourth-order valence-electron chi connectivity index (χ4n) is 8.60. The fraction of sp³-hybridized carbons (Fsp3) is 0.0385. The average Bonchev–Trinajstić information content (AvgIpc) is 3.57. The Morgan fingerprint density at radius 1 is 0.370 bits per heavy atom. The summed E-state index contributed by atoms with van der Waals surface area (Å²) in [4.78, 5) is 2.40. The van der Waals surface area contributed by atoms with Gasteiger partial charge in [-0.1, -0.05) is 133 Å². The van der Waals surface area contributed by atoms with Crippen molar-refractivity contribution in [1.82, 2.24) is 4.57 Å². The molecule has 0 saturated carbocycles. The molecule has 1 heterocycles. The van der Waals surface area contributed by atoms with Gasteiger partial charge in [-0.2, -0.15) is 0 Å². The van der Waals surface area contributed by atoms with Crippen molar-refractivity contribution in [2.75, 3.05) is 4.90 Å². The molecule has 0 amide bonds. The van der Waals surface area contributed by atoms with Crippen LogP contribution in [0.2, 0.25) is 0 Å². The first-order chi connectivity index (χ1) is 26.7. The molecule has 54 heavy (non-hydrogen) atoms. The minimum Gasteiger partial charge on any atom is -0.310 e. The van der Waals surface area contributed by atoms with Gasteiger partial charge in [0.1, 0.15) is 0 Å². The van der Waals surface area contributed by atoms with Gasteiger partial charge in [0.15, 0.2) is 0 Å². The van der Waals surface area contributed by atoms with Crippen molar-refractivity contribution in [3.8, 4) is 27.9 Å². The molecule has 10 aromatic rings. The number of aromatic nitrogens is 1. The maximum Gasteiger partial charge on any atom is 0.0541 e. The molecular formula is C52H38N2. The van der Waals surface area contributed by atoms with Crippen molar-refractivity contribution < 1.29 is 0 Å². The van der Waals surface area contributed by atoms with Crippen molar-refractivity contribution in [3.05, 3.63) is 205 Å². The van der Waals surface area contributed by atoms with E-state index in [9.17, 15) is 0 Å². The van der Waals surface area contributed by atoms with Crippen LogP contribution in [0, 0.1) is 13.8 Å². The van der Waals surface area contributed by atoms with Crippen molar-refractivity contribution in [3.63, 3.8) is 0 Å².